The van der Waals surface area contributed by atoms with E-state index in [-0.39, 0.29) is 6.61 Å². The van der Waals surface area contributed by atoms with Gasteiger partial charge in [0.05, 0.1) is 26.7 Å². The van der Waals surface area contributed by atoms with Crippen molar-refractivity contribution in [1.29, 1.82) is 0 Å². The number of ether oxygens (including phenoxy) is 3. The molecule has 1 aliphatic carbocycles. The van der Waals surface area contributed by atoms with Crippen molar-refractivity contribution >= 4 is 29.1 Å². The van der Waals surface area contributed by atoms with Crippen molar-refractivity contribution in [2.24, 2.45) is 17.3 Å². The molecule has 6 heteroatoms. The molecule has 1 aliphatic heterocycles. The van der Waals surface area contributed by atoms with Crippen LogP contribution in [0.25, 0.3) is 11.1 Å². The summed E-state index contributed by atoms with van der Waals surface area (Å²) < 4.78 is 16.3. The summed E-state index contributed by atoms with van der Waals surface area (Å²) in [5.41, 5.74) is 1.40. The number of benzene rings is 3. The molecular weight excluding hydrogens is 456 g/mol. The van der Waals surface area contributed by atoms with Crippen LogP contribution in [0.15, 0.2) is 91.0 Å². The van der Waals surface area contributed by atoms with Crippen LogP contribution < -0.4 is 0 Å². The van der Waals surface area contributed by atoms with Gasteiger partial charge < -0.3 is 14.2 Å². The second-order valence-electron chi connectivity index (χ2n) is 8.96. The van der Waals surface area contributed by atoms with Gasteiger partial charge in [-0.25, -0.2) is 0 Å². The molecule has 0 N–H and O–H groups in total. The summed E-state index contributed by atoms with van der Waals surface area (Å²) >= 11 is 0. The minimum absolute atomic E-state index is 0.0284. The van der Waals surface area contributed by atoms with Gasteiger partial charge in [0.2, 0.25) is 0 Å². The van der Waals surface area contributed by atoms with E-state index in [1.165, 1.54) is 14.2 Å². The van der Waals surface area contributed by atoms with Gasteiger partial charge in [0.25, 0.3) is 0 Å². The van der Waals surface area contributed by atoms with Crippen molar-refractivity contribution < 1.29 is 28.6 Å². The summed E-state index contributed by atoms with van der Waals surface area (Å²) in [5, 5.41) is 0. The third-order valence-corrected chi connectivity index (χ3v) is 7.33. The fourth-order valence-electron chi connectivity index (χ4n) is 5.91. The SMILES string of the molecule is COC(=O)[C@H]1C(c2ccccc2)=C(c2ccccc2)[C@]2(C(=O)OC)C(=O)OCC2[C@H]1c1ccccc1. The average Bonchev–Trinajstić information content (AvgIpc) is 3.29. The summed E-state index contributed by atoms with van der Waals surface area (Å²) in [6, 6.07) is 28.0. The summed E-state index contributed by atoms with van der Waals surface area (Å²) in [7, 11) is 2.63. The van der Waals surface area contributed by atoms with Crippen molar-refractivity contribution in [1.82, 2.24) is 0 Å². The van der Waals surface area contributed by atoms with Crippen LogP contribution in [-0.2, 0) is 28.6 Å². The molecule has 0 saturated carbocycles. The van der Waals surface area contributed by atoms with Gasteiger partial charge in [0.1, 0.15) is 0 Å². The highest BCUT2D eigenvalue weighted by atomic mass is 16.6. The fourth-order valence-corrected chi connectivity index (χ4v) is 5.91. The molecule has 0 radical (unpaired) electrons. The number of carbonyl (C=O) groups is 3. The fraction of sp³-hybridized carbons (Fsp3) is 0.233. The van der Waals surface area contributed by atoms with E-state index in [2.05, 4.69) is 0 Å². The monoisotopic (exact) mass is 482 g/mol. The lowest BCUT2D eigenvalue weighted by atomic mass is 9.53. The van der Waals surface area contributed by atoms with Gasteiger partial charge in [0.15, 0.2) is 5.41 Å². The van der Waals surface area contributed by atoms with Crippen LogP contribution in [-0.4, -0.2) is 38.7 Å². The van der Waals surface area contributed by atoms with Gasteiger partial charge >= 0.3 is 17.9 Å². The molecule has 1 unspecified atom stereocenters. The highest BCUT2D eigenvalue weighted by Gasteiger charge is 2.69. The number of esters is 3. The highest BCUT2D eigenvalue weighted by Crippen LogP contribution is 2.63. The van der Waals surface area contributed by atoms with Gasteiger partial charge in [-0.1, -0.05) is 91.0 Å². The van der Waals surface area contributed by atoms with E-state index in [9.17, 15) is 14.4 Å². The van der Waals surface area contributed by atoms with E-state index in [0.717, 1.165) is 5.56 Å². The molecule has 0 bridgehead atoms. The largest absolute Gasteiger partial charge is 0.469 e. The van der Waals surface area contributed by atoms with E-state index in [4.69, 9.17) is 14.2 Å². The average molecular weight is 483 g/mol. The first kappa shape index (κ1) is 23.5. The molecule has 0 spiro atoms. The van der Waals surface area contributed by atoms with Crippen LogP contribution in [0.2, 0.25) is 0 Å². The molecule has 6 nitrogen and oxygen atoms in total. The van der Waals surface area contributed by atoms with Crippen LogP contribution in [0, 0.1) is 17.3 Å². The molecule has 4 atom stereocenters. The maximum Gasteiger partial charge on any atom is 0.328 e. The van der Waals surface area contributed by atoms with E-state index in [0.29, 0.717) is 22.3 Å². The van der Waals surface area contributed by atoms with E-state index >= 15 is 0 Å². The minimum Gasteiger partial charge on any atom is -0.469 e. The Kier molecular flexibility index (Phi) is 6.18. The summed E-state index contributed by atoms with van der Waals surface area (Å²) in [6.07, 6.45) is 0. The molecule has 1 heterocycles. The second-order valence-corrected chi connectivity index (χ2v) is 8.96. The lowest BCUT2D eigenvalue weighted by Gasteiger charge is -2.45. The van der Waals surface area contributed by atoms with Crippen LogP contribution >= 0.6 is 0 Å². The van der Waals surface area contributed by atoms with E-state index in [1.54, 1.807) is 0 Å². The number of rotatable bonds is 5. The number of fused-ring (bicyclic) bond motifs is 1. The zero-order valence-corrected chi connectivity index (χ0v) is 20.0. The first-order valence-electron chi connectivity index (χ1n) is 11.8. The quantitative estimate of drug-likeness (QED) is 0.302. The molecule has 182 valence electrons. The summed E-state index contributed by atoms with van der Waals surface area (Å²) in [4.78, 5) is 41.2. The lowest BCUT2D eigenvalue weighted by Crippen LogP contribution is -2.51. The van der Waals surface area contributed by atoms with Crippen LogP contribution in [0.5, 0.6) is 0 Å². The maximum absolute atomic E-state index is 13.8. The Morgan fingerprint density at radius 3 is 1.92 bits per heavy atom. The third-order valence-electron chi connectivity index (χ3n) is 7.33. The number of hydrogen-bond donors (Lipinski definition) is 0. The van der Waals surface area contributed by atoms with Crippen molar-refractivity contribution in [3.63, 3.8) is 0 Å². The Morgan fingerprint density at radius 2 is 1.36 bits per heavy atom. The Labute approximate surface area is 209 Å². The predicted octanol–water partition coefficient (Wildman–Crippen LogP) is 4.52. The van der Waals surface area contributed by atoms with E-state index in [1.807, 2.05) is 91.0 Å². The van der Waals surface area contributed by atoms with Gasteiger partial charge in [-0.3, -0.25) is 14.4 Å². The molecule has 2 aliphatic rings. The molecule has 3 aromatic rings. The van der Waals surface area contributed by atoms with Crippen molar-refractivity contribution in [2.75, 3.05) is 20.8 Å². The van der Waals surface area contributed by atoms with Gasteiger partial charge in [-0.05, 0) is 27.8 Å². The Hall–Kier alpha value is -4.19. The lowest BCUT2D eigenvalue weighted by molar-refractivity contribution is -0.161. The normalized spacial score (nSPS) is 25.1. The van der Waals surface area contributed by atoms with Crippen LogP contribution in [0.1, 0.15) is 22.6 Å². The zero-order valence-electron chi connectivity index (χ0n) is 20.0. The number of hydrogen-bond acceptors (Lipinski definition) is 6. The topological polar surface area (TPSA) is 78.9 Å². The van der Waals surface area contributed by atoms with Crippen molar-refractivity contribution in [2.45, 2.75) is 5.92 Å². The first-order chi connectivity index (χ1) is 17.6. The molecule has 3 aromatic carbocycles. The van der Waals surface area contributed by atoms with Gasteiger partial charge in [-0.15, -0.1) is 0 Å². The highest BCUT2D eigenvalue weighted by molar-refractivity contribution is 6.20. The first-order valence-corrected chi connectivity index (χ1v) is 11.8. The zero-order chi connectivity index (χ0) is 25.3. The molecule has 0 amide bonds. The van der Waals surface area contributed by atoms with Crippen molar-refractivity contribution in [3.05, 3.63) is 108 Å². The van der Waals surface area contributed by atoms with Crippen molar-refractivity contribution in [3.8, 4) is 0 Å². The van der Waals surface area contributed by atoms with Gasteiger partial charge in [0, 0.05) is 11.8 Å². The molecule has 5 rings (SSSR count). The van der Waals surface area contributed by atoms with Gasteiger partial charge in [-0.2, -0.15) is 0 Å². The predicted molar refractivity (Wildman–Crippen MR) is 133 cm³/mol. The van der Waals surface area contributed by atoms with Crippen LogP contribution in [0.3, 0.4) is 0 Å². The molecule has 1 saturated heterocycles. The summed E-state index contributed by atoms with van der Waals surface area (Å²) in [6.45, 7) is -0.0284. The third kappa shape index (κ3) is 3.44. The molecule has 1 fully saturated rings. The van der Waals surface area contributed by atoms with E-state index < -0.39 is 41.1 Å². The Balaban J connectivity index is 1.98. The number of methoxy groups -OCH3 is 2. The molecule has 0 aromatic heterocycles. The second kappa shape index (κ2) is 9.46. The summed E-state index contributed by atoms with van der Waals surface area (Å²) in [5.74, 6) is -3.89. The molecule has 36 heavy (non-hydrogen) atoms. The molecular formula is C30H26O6. The number of carbonyl (C=O) groups excluding carboxylic acids is 3. The standard InChI is InChI=1S/C30H26O6/c1-34-27(31)25-23(19-12-6-3-7-13-19)22-18-36-29(33)30(22,28(32)35-2)26(21-16-10-5-11-17-21)24(25)20-14-8-4-9-15-20/h3-17,22-23,25H,18H2,1-2H3/t22?,23-,25-,30-/m1/s1. The maximum atomic E-state index is 13.8. The minimum atomic E-state index is -1.76. The number of cyclic esters (lactones) is 1. The van der Waals surface area contributed by atoms with Crippen LogP contribution in [0.4, 0.5) is 0 Å². The Bertz CT molecular complexity index is 1320. The Morgan fingerprint density at radius 1 is 0.806 bits per heavy atom. The smallest absolute Gasteiger partial charge is 0.328 e.